The van der Waals surface area contributed by atoms with E-state index in [0.29, 0.717) is 18.7 Å². The van der Waals surface area contributed by atoms with Crippen LogP contribution in [0, 0.1) is 17.8 Å². The highest BCUT2D eigenvalue weighted by molar-refractivity contribution is 7.89. The van der Waals surface area contributed by atoms with E-state index in [-0.39, 0.29) is 28.5 Å². The molecule has 0 unspecified atom stereocenters. The van der Waals surface area contributed by atoms with E-state index in [9.17, 15) is 13.2 Å². The van der Waals surface area contributed by atoms with E-state index in [1.165, 1.54) is 23.6 Å². The smallest absolute Gasteiger partial charge is 0.251 e. The molecule has 1 aliphatic heterocycles. The number of hydrogen-bond donors (Lipinski definition) is 1. The molecule has 7 heteroatoms. The third-order valence-electron chi connectivity index (χ3n) is 7.56. The Hall–Kier alpha value is -1.44. The fourth-order valence-electron chi connectivity index (χ4n) is 6.83. The standard InChI is InChI=1S/C23H32N2O4S/c1-15-13-25(14-16(2)29-15)30(27,28)21-5-3-20(4-6-21)22(26)24-23-10-17-7-18(11-23)9-19(8-17)12-23/h3-6,15-19H,7-14H2,1-2H3,(H,24,26)/t15-,16-,17?,18?,19?,23?/m0/s1. The van der Waals surface area contributed by atoms with Crippen molar-refractivity contribution in [1.82, 2.24) is 9.62 Å². The van der Waals surface area contributed by atoms with Crippen LogP contribution in [-0.2, 0) is 14.8 Å². The molecule has 1 aromatic rings. The maximum atomic E-state index is 13.0. The van der Waals surface area contributed by atoms with Crippen molar-refractivity contribution < 1.29 is 17.9 Å². The molecule has 5 fully saturated rings. The molecule has 4 aliphatic carbocycles. The van der Waals surface area contributed by atoms with Gasteiger partial charge in [-0.15, -0.1) is 0 Å². The van der Waals surface area contributed by atoms with Crippen LogP contribution in [0.4, 0.5) is 0 Å². The Morgan fingerprint density at radius 3 is 1.97 bits per heavy atom. The fraction of sp³-hybridized carbons (Fsp3) is 0.696. The van der Waals surface area contributed by atoms with Gasteiger partial charge in [0.2, 0.25) is 10.0 Å². The lowest BCUT2D eigenvalue weighted by Crippen LogP contribution is -2.59. The predicted octanol–water partition coefficient (Wildman–Crippen LogP) is 3.18. The lowest BCUT2D eigenvalue weighted by Gasteiger charge is -2.56. The molecule has 164 valence electrons. The van der Waals surface area contributed by atoms with Crippen molar-refractivity contribution in [2.24, 2.45) is 17.8 Å². The van der Waals surface area contributed by atoms with Crippen LogP contribution in [0.25, 0.3) is 0 Å². The summed E-state index contributed by atoms with van der Waals surface area (Å²) in [6.07, 6.45) is 7.05. The van der Waals surface area contributed by atoms with Crippen LogP contribution in [0.5, 0.6) is 0 Å². The monoisotopic (exact) mass is 432 g/mol. The summed E-state index contributed by atoms with van der Waals surface area (Å²) >= 11 is 0. The number of ether oxygens (including phenoxy) is 1. The third-order valence-corrected chi connectivity index (χ3v) is 9.40. The second-order valence-corrected chi connectivity index (χ2v) is 12.2. The van der Waals surface area contributed by atoms with Crippen LogP contribution in [0.1, 0.15) is 62.7 Å². The minimum atomic E-state index is -3.59. The van der Waals surface area contributed by atoms with E-state index in [1.807, 2.05) is 13.8 Å². The Morgan fingerprint density at radius 1 is 0.967 bits per heavy atom. The molecular weight excluding hydrogens is 400 g/mol. The van der Waals surface area contributed by atoms with E-state index in [2.05, 4.69) is 5.32 Å². The Balaban J connectivity index is 1.30. The number of hydrogen-bond acceptors (Lipinski definition) is 4. The van der Waals surface area contributed by atoms with Crippen LogP contribution >= 0.6 is 0 Å². The Kier molecular flexibility index (Phi) is 4.99. The number of nitrogens with zero attached hydrogens (tertiary/aromatic N) is 1. The van der Waals surface area contributed by atoms with Crippen molar-refractivity contribution in [2.45, 2.75) is 75.0 Å². The first-order valence-corrected chi connectivity index (χ1v) is 12.7. The average molecular weight is 433 g/mol. The van der Waals surface area contributed by atoms with Crippen molar-refractivity contribution in [3.63, 3.8) is 0 Å². The second-order valence-electron chi connectivity index (χ2n) is 10.3. The molecule has 1 saturated heterocycles. The highest BCUT2D eigenvalue weighted by Crippen LogP contribution is 2.55. The summed E-state index contributed by atoms with van der Waals surface area (Å²) in [5.74, 6) is 2.22. The van der Waals surface area contributed by atoms with Gasteiger partial charge in [-0.3, -0.25) is 4.79 Å². The van der Waals surface area contributed by atoms with E-state index >= 15 is 0 Å². The number of sulfonamides is 1. The molecule has 30 heavy (non-hydrogen) atoms. The SMILES string of the molecule is C[C@H]1CN(S(=O)(=O)c2ccc(C(=O)NC34CC5CC(CC(C5)C3)C4)cc2)C[C@H](C)O1. The van der Waals surface area contributed by atoms with Crippen LogP contribution < -0.4 is 5.32 Å². The van der Waals surface area contributed by atoms with Crippen molar-refractivity contribution >= 4 is 15.9 Å². The Morgan fingerprint density at radius 2 is 1.47 bits per heavy atom. The summed E-state index contributed by atoms with van der Waals surface area (Å²) in [6, 6.07) is 6.43. The second kappa shape index (κ2) is 7.31. The zero-order chi connectivity index (χ0) is 21.1. The number of morpholine rings is 1. The Labute approximate surface area is 179 Å². The number of rotatable bonds is 4. The van der Waals surface area contributed by atoms with E-state index < -0.39 is 10.0 Å². The molecule has 5 aliphatic rings. The quantitative estimate of drug-likeness (QED) is 0.793. The number of amides is 1. The van der Waals surface area contributed by atoms with Gasteiger partial charge >= 0.3 is 0 Å². The van der Waals surface area contributed by atoms with Crippen molar-refractivity contribution in [2.75, 3.05) is 13.1 Å². The minimum Gasteiger partial charge on any atom is -0.373 e. The highest BCUT2D eigenvalue weighted by atomic mass is 32.2. The van der Waals surface area contributed by atoms with Gasteiger partial charge in [0.25, 0.3) is 5.91 Å². The molecular formula is C23H32N2O4S. The van der Waals surface area contributed by atoms with Crippen molar-refractivity contribution in [1.29, 1.82) is 0 Å². The maximum Gasteiger partial charge on any atom is 0.251 e. The molecule has 1 heterocycles. The molecule has 1 N–H and O–H groups in total. The predicted molar refractivity (Wildman–Crippen MR) is 114 cm³/mol. The minimum absolute atomic E-state index is 0.0450. The van der Waals surface area contributed by atoms with Gasteiger partial charge in [0.1, 0.15) is 0 Å². The fourth-order valence-corrected chi connectivity index (χ4v) is 8.42. The van der Waals surface area contributed by atoms with Crippen LogP contribution in [-0.4, -0.2) is 49.5 Å². The lowest BCUT2D eigenvalue weighted by atomic mass is 9.53. The molecule has 0 aromatic heterocycles. The lowest BCUT2D eigenvalue weighted by molar-refractivity contribution is -0.0440. The largest absolute Gasteiger partial charge is 0.373 e. The molecule has 0 radical (unpaired) electrons. The van der Waals surface area contributed by atoms with Gasteiger partial charge in [-0.2, -0.15) is 4.31 Å². The topological polar surface area (TPSA) is 75.7 Å². The van der Waals surface area contributed by atoms with Crippen LogP contribution in [0.15, 0.2) is 29.2 Å². The van der Waals surface area contributed by atoms with Gasteiger partial charge in [-0.1, -0.05) is 0 Å². The summed E-state index contributed by atoms with van der Waals surface area (Å²) in [5.41, 5.74) is 0.491. The van der Waals surface area contributed by atoms with Gasteiger partial charge in [0.05, 0.1) is 17.1 Å². The van der Waals surface area contributed by atoms with E-state index in [1.54, 1.807) is 24.3 Å². The number of nitrogens with one attached hydrogen (secondary N) is 1. The molecule has 4 saturated carbocycles. The summed E-state index contributed by atoms with van der Waals surface area (Å²) < 4.78 is 33.2. The molecule has 1 amide bonds. The first kappa shape index (κ1) is 20.5. The zero-order valence-corrected chi connectivity index (χ0v) is 18.7. The van der Waals surface area contributed by atoms with E-state index in [0.717, 1.165) is 37.0 Å². The number of carbonyl (C=O) groups is 1. The average Bonchev–Trinajstić information content (AvgIpc) is 2.66. The molecule has 6 rings (SSSR count). The van der Waals surface area contributed by atoms with Crippen molar-refractivity contribution in [3.8, 4) is 0 Å². The third kappa shape index (κ3) is 3.69. The van der Waals surface area contributed by atoms with Crippen LogP contribution in [0.3, 0.4) is 0 Å². The normalized spacial score (nSPS) is 38.5. The summed E-state index contributed by atoms with van der Waals surface area (Å²) in [5, 5.41) is 3.36. The number of carbonyl (C=O) groups excluding carboxylic acids is 1. The summed E-state index contributed by atoms with van der Waals surface area (Å²) in [7, 11) is -3.59. The van der Waals surface area contributed by atoms with Gasteiger partial charge in [-0.25, -0.2) is 8.42 Å². The van der Waals surface area contributed by atoms with E-state index in [4.69, 9.17) is 4.74 Å². The van der Waals surface area contributed by atoms with Gasteiger partial charge in [0.15, 0.2) is 0 Å². The van der Waals surface area contributed by atoms with Gasteiger partial charge in [0, 0.05) is 24.2 Å². The molecule has 6 nitrogen and oxygen atoms in total. The maximum absolute atomic E-state index is 13.0. The molecule has 1 aromatic carbocycles. The molecule has 0 spiro atoms. The van der Waals surface area contributed by atoms with Crippen LogP contribution in [0.2, 0.25) is 0 Å². The Bertz CT molecular complexity index is 882. The first-order chi connectivity index (χ1) is 14.2. The highest BCUT2D eigenvalue weighted by Gasteiger charge is 2.51. The molecule has 4 bridgehead atoms. The first-order valence-electron chi connectivity index (χ1n) is 11.3. The van der Waals surface area contributed by atoms with Crippen molar-refractivity contribution in [3.05, 3.63) is 29.8 Å². The summed E-state index contributed by atoms with van der Waals surface area (Å²) in [4.78, 5) is 13.2. The molecule has 2 atom stereocenters. The zero-order valence-electron chi connectivity index (χ0n) is 17.8. The number of benzene rings is 1. The van der Waals surface area contributed by atoms with Gasteiger partial charge < -0.3 is 10.1 Å². The van der Waals surface area contributed by atoms with Gasteiger partial charge in [-0.05, 0) is 94.4 Å². The summed E-state index contributed by atoms with van der Waals surface area (Å²) in [6.45, 7) is 4.47.